The standard InChI is InChI=1S/C14H22N2O2.ClH/c1-4-5-12(15)14(17)16-9-11-7-6-10(2)8-13(11)18-3;/h6-8,12H,4-5,9,15H2,1-3H3,(H,16,17);1H. The Balaban J connectivity index is 0.00000324. The van der Waals surface area contributed by atoms with Crippen LogP contribution in [0.3, 0.4) is 0 Å². The van der Waals surface area contributed by atoms with Crippen LogP contribution in [0.2, 0.25) is 0 Å². The van der Waals surface area contributed by atoms with Gasteiger partial charge in [0.05, 0.1) is 13.2 Å². The molecule has 0 saturated carbocycles. The number of ether oxygens (including phenoxy) is 1. The fraction of sp³-hybridized carbons (Fsp3) is 0.500. The van der Waals surface area contributed by atoms with Gasteiger partial charge in [0, 0.05) is 12.1 Å². The Morgan fingerprint density at radius 2 is 2.16 bits per heavy atom. The molecule has 1 aromatic rings. The van der Waals surface area contributed by atoms with Crippen LogP contribution >= 0.6 is 12.4 Å². The topological polar surface area (TPSA) is 64.4 Å². The molecule has 1 amide bonds. The minimum Gasteiger partial charge on any atom is -0.496 e. The molecule has 5 heteroatoms. The molecule has 4 nitrogen and oxygen atoms in total. The van der Waals surface area contributed by atoms with Gasteiger partial charge in [0.25, 0.3) is 0 Å². The van der Waals surface area contributed by atoms with Crippen molar-refractivity contribution in [3.05, 3.63) is 29.3 Å². The number of hydrogen-bond donors (Lipinski definition) is 2. The highest BCUT2D eigenvalue weighted by molar-refractivity contribution is 5.85. The number of amides is 1. The smallest absolute Gasteiger partial charge is 0.237 e. The Bertz CT molecular complexity index is 410. The van der Waals surface area contributed by atoms with Gasteiger partial charge in [-0.15, -0.1) is 12.4 Å². The second-order valence-corrected chi connectivity index (χ2v) is 4.43. The van der Waals surface area contributed by atoms with E-state index in [9.17, 15) is 4.79 Å². The fourth-order valence-electron chi connectivity index (χ4n) is 1.75. The predicted molar refractivity (Wildman–Crippen MR) is 79.7 cm³/mol. The van der Waals surface area contributed by atoms with E-state index in [2.05, 4.69) is 5.32 Å². The Morgan fingerprint density at radius 3 is 2.74 bits per heavy atom. The molecule has 1 atom stereocenters. The van der Waals surface area contributed by atoms with Gasteiger partial charge in [-0.2, -0.15) is 0 Å². The van der Waals surface area contributed by atoms with Crippen molar-refractivity contribution >= 4 is 18.3 Å². The molecule has 108 valence electrons. The summed E-state index contributed by atoms with van der Waals surface area (Å²) in [6, 6.07) is 5.48. The van der Waals surface area contributed by atoms with Crippen molar-refractivity contribution in [3.63, 3.8) is 0 Å². The lowest BCUT2D eigenvalue weighted by Gasteiger charge is -2.13. The summed E-state index contributed by atoms with van der Waals surface area (Å²) in [7, 11) is 1.63. The van der Waals surface area contributed by atoms with Crippen LogP contribution in [0.4, 0.5) is 0 Å². The van der Waals surface area contributed by atoms with E-state index in [-0.39, 0.29) is 18.3 Å². The van der Waals surface area contributed by atoms with E-state index in [4.69, 9.17) is 10.5 Å². The second kappa shape index (κ2) is 8.77. The average molecular weight is 287 g/mol. The van der Waals surface area contributed by atoms with Crippen molar-refractivity contribution in [2.45, 2.75) is 39.3 Å². The van der Waals surface area contributed by atoms with Crippen LogP contribution in [0.15, 0.2) is 18.2 Å². The van der Waals surface area contributed by atoms with Gasteiger partial charge in [0.15, 0.2) is 0 Å². The van der Waals surface area contributed by atoms with Crippen LogP contribution in [-0.4, -0.2) is 19.1 Å². The van der Waals surface area contributed by atoms with Crippen molar-refractivity contribution in [2.75, 3.05) is 7.11 Å². The summed E-state index contributed by atoms with van der Waals surface area (Å²) in [5, 5.41) is 2.83. The SMILES string of the molecule is CCCC(N)C(=O)NCc1ccc(C)cc1OC.Cl. The summed E-state index contributed by atoms with van der Waals surface area (Å²) >= 11 is 0. The van der Waals surface area contributed by atoms with Gasteiger partial charge in [-0.3, -0.25) is 4.79 Å². The largest absolute Gasteiger partial charge is 0.496 e. The molecule has 0 aliphatic heterocycles. The third kappa shape index (κ3) is 5.49. The molecule has 0 radical (unpaired) electrons. The van der Waals surface area contributed by atoms with Gasteiger partial charge in [-0.1, -0.05) is 25.5 Å². The van der Waals surface area contributed by atoms with Crippen LogP contribution in [0.5, 0.6) is 5.75 Å². The third-order valence-electron chi connectivity index (χ3n) is 2.83. The zero-order valence-corrected chi connectivity index (χ0v) is 12.5. The molecule has 0 spiro atoms. The summed E-state index contributed by atoms with van der Waals surface area (Å²) in [4.78, 5) is 11.7. The van der Waals surface area contributed by atoms with E-state index in [1.165, 1.54) is 0 Å². The first-order valence-electron chi connectivity index (χ1n) is 6.25. The number of halogens is 1. The van der Waals surface area contributed by atoms with E-state index < -0.39 is 6.04 Å². The maximum absolute atomic E-state index is 11.7. The maximum atomic E-state index is 11.7. The molecule has 1 rings (SSSR count). The normalized spacial score (nSPS) is 11.4. The van der Waals surface area contributed by atoms with Crippen molar-refractivity contribution < 1.29 is 9.53 Å². The quantitative estimate of drug-likeness (QED) is 0.842. The lowest BCUT2D eigenvalue weighted by Crippen LogP contribution is -2.40. The molecule has 19 heavy (non-hydrogen) atoms. The van der Waals surface area contributed by atoms with Crippen molar-refractivity contribution in [1.29, 1.82) is 0 Å². The van der Waals surface area contributed by atoms with Gasteiger partial charge < -0.3 is 15.8 Å². The predicted octanol–water partition coefficient (Wildman–Crippen LogP) is 2.17. The van der Waals surface area contributed by atoms with Crippen molar-refractivity contribution in [1.82, 2.24) is 5.32 Å². The van der Waals surface area contributed by atoms with Crippen molar-refractivity contribution in [2.24, 2.45) is 5.73 Å². The number of methoxy groups -OCH3 is 1. The van der Waals surface area contributed by atoms with E-state index in [0.29, 0.717) is 13.0 Å². The first kappa shape index (κ1) is 17.7. The average Bonchev–Trinajstić information content (AvgIpc) is 2.37. The number of benzene rings is 1. The monoisotopic (exact) mass is 286 g/mol. The molecule has 0 aliphatic rings. The van der Waals surface area contributed by atoms with E-state index >= 15 is 0 Å². The van der Waals surface area contributed by atoms with Crippen LogP contribution in [0, 0.1) is 6.92 Å². The summed E-state index contributed by atoms with van der Waals surface area (Å²) in [5.41, 5.74) is 7.83. The zero-order chi connectivity index (χ0) is 13.5. The molecule has 0 bridgehead atoms. The molecule has 0 aliphatic carbocycles. The molecule has 0 aromatic heterocycles. The summed E-state index contributed by atoms with van der Waals surface area (Å²) in [5.74, 6) is 0.679. The Labute approximate surface area is 121 Å². The zero-order valence-electron chi connectivity index (χ0n) is 11.7. The highest BCUT2D eigenvalue weighted by Gasteiger charge is 2.12. The first-order chi connectivity index (χ1) is 8.58. The molecule has 0 heterocycles. The number of nitrogens with one attached hydrogen (secondary N) is 1. The number of carbonyl (C=O) groups excluding carboxylic acids is 1. The summed E-state index contributed by atoms with van der Waals surface area (Å²) < 4.78 is 5.28. The van der Waals surface area contributed by atoms with E-state index in [0.717, 1.165) is 23.3 Å². The number of hydrogen-bond acceptors (Lipinski definition) is 3. The highest BCUT2D eigenvalue weighted by atomic mass is 35.5. The number of nitrogens with two attached hydrogens (primary N) is 1. The van der Waals surface area contributed by atoms with E-state index in [1.54, 1.807) is 7.11 Å². The molecule has 1 aromatic carbocycles. The first-order valence-corrected chi connectivity index (χ1v) is 6.25. The molecule has 3 N–H and O–H groups in total. The maximum Gasteiger partial charge on any atom is 0.237 e. The van der Waals surface area contributed by atoms with Crippen LogP contribution < -0.4 is 15.8 Å². The number of rotatable bonds is 6. The van der Waals surface area contributed by atoms with Crippen LogP contribution in [-0.2, 0) is 11.3 Å². The number of carbonyl (C=O) groups is 1. The number of aryl methyl sites for hydroxylation is 1. The van der Waals surface area contributed by atoms with Gasteiger partial charge >= 0.3 is 0 Å². The van der Waals surface area contributed by atoms with Gasteiger partial charge in [-0.05, 0) is 25.0 Å². The fourth-order valence-corrected chi connectivity index (χ4v) is 1.75. The third-order valence-corrected chi connectivity index (χ3v) is 2.83. The lowest BCUT2D eigenvalue weighted by molar-refractivity contribution is -0.122. The van der Waals surface area contributed by atoms with Crippen molar-refractivity contribution in [3.8, 4) is 5.75 Å². The molecule has 1 unspecified atom stereocenters. The van der Waals surface area contributed by atoms with Gasteiger partial charge in [0.2, 0.25) is 5.91 Å². The Morgan fingerprint density at radius 1 is 1.47 bits per heavy atom. The lowest BCUT2D eigenvalue weighted by atomic mass is 10.1. The molecule has 0 fully saturated rings. The Hall–Kier alpha value is -1.26. The highest BCUT2D eigenvalue weighted by Crippen LogP contribution is 2.19. The summed E-state index contributed by atoms with van der Waals surface area (Å²) in [6.07, 6.45) is 1.61. The Kier molecular flexibility index (Phi) is 8.19. The van der Waals surface area contributed by atoms with E-state index in [1.807, 2.05) is 32.0 Å². The van der Waals surface area contributed by atoms with Gasteiger partial charge in [-0.25, -0.2) is 0 Å². The minimum absolute atomic E-state index is 0. The van der Waals surface area contributed by atoms with Gasteiger partial charge in [0.1, 0.15) is 5.75 Å². The molecule has 0 saturated heterocycles. The summed E-state index contributed by atoms with van der Waals surface area (Å²) in [6.45, 7) is 4.46. The molecular weight excluding hydrogens is 264 g/mol. The van der Waals surface area contributed by atoms with Crippen LogP contribution in [0.25, 0.3) is 0 Å². The molecular formula is C14H23ClN2O2. The van der Waals surface area contributed by atoms with Crippen LogP contribution in [0.1, 0.15) is 30.9 Å². The second-order valence-electron chi connectivity index (χ2n) is 4.43. The minimum atomic E-state index is -0.425.